The lowest BCUT2D eigenvalue weighted by Crippen LogP contribution is -2.66. The largest absolute Gasteiger partial charge is 0.407 e. The van der Waals surface area contributed by atoms with Gasteiger partial charge < -0.3 is 13.9 Å². The summed E-state index contributed by atoms with van der Waals surface area (Å²) < 4.78 is 21.1. The van der Waals surface area contributed by atoms with Gasteiger partial charge in [0.2, 0.25) is 0 Å². The molecular weight excluding hydrogens is 611 g/mol. The number of halogens is 1. The van der Waals surface area contributed by atoms with Crippen LogP contribution < -0.4 is 10.4 Å². The molecule has 3 nitrogen and oxygen atoms in total. The Balaban J connectivity index is 1.63. The number of hydrogen-bond donors (Lipinski definition) is 0. The normalized spacial score (nSPS) is 17.3. The van der Waals surface area contributed by atoms with E-state index in [9.17, 15) is 0 Å². The van der Waals surface area contributed by atoms with Crippen LogP contribution in [-0.4, -0.2) is 38.4 Å². The average molecular weight is 665 g/mol. The van der Waals surface area contributed by atoms with Crippen LogP contribution in [0.4, 0.5) is 0 Å². The summed E-state index contributed by atoms with van der Waals surface area (Å²) in [5.74, 6) is 0. The summed E-state index contributed by atoms with van der Waals surface area (Å²) in [5.41, 5.74) is 0. The van der Waals surface area contributed by atoms with Gasteiger partial charge in [0.25, 0.3) is 8.32 Å². The van der Waals surface area contributed by atoms with E-state index in [-0.39, 0.29) is 17.4 Å². The molecule has 3 rings (SSSR count). The number of unbranched alkanes of at least 4 members (excludes halogenated alkanes) is 7. The molecule has 0 N–H and O–H groups in total. The van der Waals surface area contributed by atoms with E-state index in [1.807, 2.05) is 0 Å². The first-order chi connectivity index (χ1) is 19.0. The van der Waals surface area contributed by atoms with Crippen molar-refractivity contribution in [2.24, 2.45) is 0 Å². The summed E-state index contributed by atoms with van der Waals surface area (Å²) in [4.78, 5) is 0. The Bertz CT molecular complexity index is 841. The van der Waals surface area contributed by atoms with Crippen molar-refractivity contribution in [3.8, 4) is 0 Å². The molecule has 5 heteroatoms. The van der Waals surface area contributed by atoms with Crippen molar-refractivity contribution in [2.45, 2.75) is 122 Å². The zero-order chi connectivity index (χ0) is 27.8. The molecule has 1 saturated heterocycles. The summed E-state index contributed by atoms with van der Waals surface area (Å²) in [6, 6.07) is 21.9. The zero-order valence-electron chi connectivity index (χ0n) is 24.8. The Morgan fingerprint density at radius 1 is 0.795 bits per heavy atom. The maximum atomic E-state index is 7.20. The molecule has 1 fully saturated rings. The molecule has 39 heavy (non-hydrogen) atoms. The standard InChI is InChI=1S/C34H53IO3Si/c1-34(2,3)39(31-21-13-10-14-22-31,32-23-15-11-16-24-32)37-29-26-30(38-33-25-17-19-28-36-33)20-12-8-6-4-5-7-9-18-27-35/h10-11,13-16,21-24,30,33H,4-9,12,17-20,25-29H2,1-3H3/t30-,33?/m1/s1. The Hall–Kier alpha value is -0.733. The summed E-state index contributed by atoms with van der Waals surface area (Å²) >= 11 is 2.49. The number of ether oxygens (including phenoxy) is 2. The van der Waals surface area contributed by atoms with Crippen LogP contribution in [0, 0.1) is 0 Å². The van der Waals surface area contributed by atoms with Crippen LogP contribution in [0.3, 0.4) is 0 Å². The first kappa shape index (κ1) is 32.8. The molecule has 0 amide bonds. The van der Waals surface area contributed by atoms with E-state index in [4.69, 9.17) is 13.9 Å². The van der Waals surface area contributed by atoms with Gasteiger partial charge in [0.15, 0.2) is 6.29 Å². The second kappa shape index (κ2) is 17.9. The third kappa shape index (κ3) is 10.6. The molecule has 0 bridgehead atoms. The van der Waals surface area contributed by atoms with Crippen LogP contribution in [0.1, 0.15) is 104 Å². The lowest BCUT2D eigenvalue weighted by Gasteiger charge is -2.43. The van der Waals surface area contributed by atoms with Crippen molar-refractivity contribution < 1.29 is 13.9 Å². The maximum absolute atomic E-state index is 7.20. The van der Waals surface area contributed by atoms with E-state index in [2.05, 4.69) is 104 Å². The van der Waals surface area contributed by atoms with Crippen LogP contribution in [0.15, 0.2) is 60.7 Å². The number of benzene rings is 2. The fraction of sp³-hybridized carbons (Fsp3) is 0.647. The van der Waals surface area contributed by atoms with Gasteiger partial charge in [-0.05, 0) is 58.4 Å². The highest BCUT2D eigenvalue weighted by Gasteiger charge is 2.50. The minimum absolute atomic E-state index is 0.00471. The number of hydrogen-bond acceptors (Lipinski definition) is 3. The minimum atomic E-state index is -2.52. The molecule has 2 atom stereocenters. The molecule has 1 aliphatic rings. The molecule has 0 radical (unpaired) electrons. The summed E-state index contributed by atoms with van der Waals surface area (Å²) in [6.07, 6.45) is 16.3. The first-order valence-electron chi connectivity index (χ1n) is 15.6. The van der Waals surface area contributed by atoms with Crippen LogP contribution >= 0.6 is 22.6 Å². The predicted octanol–water partition coefficient (Wildman–Crippen LogP) is 8.81. The van der Waals surface area contributed by atoms with Crippen molar-refractivity contribution in [1.82, 2.24) is 0 Å². The van der Waals surface area contributed by atoms with Gasteiger partial charge in [-0.2, -0.15) is 0 Å². The molecule has 0 aliphatic carbocycles. The molecule has 1 unspecified atom stereocenters. The van der Waals surface area contributed by atoms with Crippen molar-refractivity contribution in [1.29, 1.82) is 0 Å². The first-order valence-corrected chi connectivity index (χ1v) is 19.0. The summed E-state index contributed by atoms with van der Waals surface area (Å²) in [7, 11) is -2.52. The smallest absolute Gasteiger partial charge is 0.261 e. The topological polar surface area (TPSA) is 27.7 Å². The fourth-order valence-electron chi connectivity index (χ4n) is 5.95. The predicted molar refractivity (Wildman–Crippen MR) is 177 cm³/mol. The van der Waals surface area contributed by atoms with E-state index in [0.29, 0.717) is 6.61 Å². The third-order valence-electron chi connectivity index (χ3n) is 8.07. The monoisotopic (exact) mass is 664 g/mol. The molecule has 218 valence electrons. The highest BCUT2D eigenvalue weighted by molar-refractivity contribution is 14.1. The Morgan fingerprint density at radius 3 is 1.87 bits per heavy atom. The highest BCUT2D eigenvalue weighted by atomic mass is 127. The van der Waals surface area contributed by atoms with E-state index in [0.717, 1.165) is 32.3 Å². The quantitative estimate of drug-likeness (QED) is 0.0690. The van der Waals surface area contributed by atoms with Crippen molar-refractivity contribution >= 4 is 41.3 Å². The van der Waals surface area contributed by atoms with Gasteiger partial charge in [-0.15, -0.1) is 0 Å². The Morgan fingerprint density at radius 2 is 1.36 bits per heavy atom. The Kier molecular flexibility index (Phi) is 15.1. The van der Waals surface area contributed by atoms with Gasteiger partial charge in [0, 0.05) is 13.2 Å². The van der Waals surface area contributed by atoms with Crippen LogP contribution in [0.25, 0.3) is 0 Å². The molecule has 1 aliphatic heterocycles. The van der Waals surface area contributed by atoms with Crippen molar-refractivity contribution in [3.63, 3.8) is 0 Å². The van der Waals surface area contributed by atoms with E-state index in [1.165, 1.54) is 72.6 Å². The SMILES string of the molecule is CC(C)(C)[Si](OCC[C@@H](CCCCCCCCCCI)OC1CCCCO1)(c1ccccc1)c1ccccc1. The van der Waals surface area contributed by atoms with Gasteiger partial charge in [-0.1, -0.05) is 149 Å². The average Bonchev–Trinajstić information content (AvgIpc) is 2.95. The van der Waals surface area contributed by atoms with Gasteiger partial charge in [0.1, 0.15) is 0 Å². The fourth-order valence-corrected chi connectivity index (χ4v) is 11.1. The summed E-state index contributed by atoms with van der Waals surface area (Å²) in [5, 5.41) is 2.68. The van der Waals surface area contributed by atoms with Gasteiger partial charge in [0.05, 0.1) is 6.10 Å². The third-order valence-corrected chi connectivity index (χ3v) is 13.9. The van der Waals surface area contributed by atoms with E-state index in [1.54, 1.807) is 0 Å². The van der Waals surface area contributed by atoms with Crippen molar-refractivity contribution in [3.05, 3.63) is 60.7 Å². The van der Waals surface area contributed by atoms with Crippen LogP contribution in [0.2, 0.25) is 5.04 Å². The molecular formula is C34H53IO3Si. The van der Waals surface area contributed by atoms with Crippen LogP contribution in [-0.2, 0) is 13.9 Å². The Labute approximate surface area is 254 Å². The highest BCUT2D eigenvalue weighted by Crippen LogP contribution is 2.37. The summed E-state index contributed by atoms with van der Waals surface area (Å²) in [6.45, 7) is 8.59. The minimum Gasteiger partial charge on any atom is -0.407 e. The maximum Gasteiger partial charge on any atom is 0.261 e. The van der Waals surface area contributed by atoms with Gasteiger partial charge >= 0.3 is 0 Å². The molecule has 0 saturated carbocycles. The molecule has 2 aromatic rings. The second-order valence-electron chi connectivity index (χ2n) is 12.2. The van der Waals surface area contributed by atoms with E-state index >= 15 is 0 Å². The van der Waals surface area contributed by atoms with Gasteiger partial charge in [-0.25, -0.2) is 0 Å². The molecule has 1 heterocycles. The zero-order valence-corrected chi connectivity index (χ0v) is 28.0. The number of alkyl halides is 1. The number of rotatable bonds is 18. The lowest BCUT2D eigenvalue weighted by molar-refractivity contribution is -0.191. The van der Waals surface area contributed by atoms with E-state index < -0.39 is 8.32 Å². The molecule has 0 spiro atoms. The molecule has 0 aromatic heterocycles. The van der Waals surface area contributed by atoms with Gasteiger partial charge in [-0.3, -0.25) is 0 Å². The van der Waals surface area contributed by atoms with Crippen LogP contribution in [0.5, 0.6) is 0 Å². The lowest BCUT2D eigenvalue weighted by atomic mass is 10.0. The van der Waals surface area contributed by atoms with Crippen molar-refractivity contribution in [2.75, 3.05) is 17.6 Å². The molecule has 2 aromatic carbocycles. The second-order valence-corrected chi connectivity index (χ2v) is 17.5.